The van der Waals surface area contributed by atoms with Crippen LogP contribution in [0, 0.1) is 13.8 Å². The van der Waals surface area contributed by atoms with Gasteiger partial charge in [0, 0.05) is 17.1 Å². The molecule has 1 aliphatic heterocycles. The van der Waals surface area contributed by atoms with Gasteiger partial charge in [-0.25, -0.2) is 4.79 Å². The predicted molar refractivity (Wildman–Crippen MR) is 150 cm³/mol. The number of allylic oxidation sites excluding steroid dienone is 1. The van der Waals surface area contributed by atoms with Gasteiger partial charge in [0.05, 0.1) is 25.4 Å². The summed E-state index contributed by atoms with van der Waals surface area (Å²) in [6, 6.07) is 19.6. The van der Waals surface area contributed by atoms with Crippen LogP contribution in [0.1, 0.15) is 23.6 Å². The molecule has 0 spiro atoms. The molecule has 3 aromatic carbocycles. The van der Waals surface area contributed by atoms with Crippen molar-refractivity contribution in [2.45, 2.75) is 20.8 Å². The molecule has 0 aromatic heterocycles. The number of carbonyl (C=O) groups is 3. The molecule has 0 fully saturated rings. The van der Waals surface area contributed by atoms with Crippen LogP contribution in [0.3, 0.4) is 0 Å². The largest absolute Gasteiger partial charge is 0.497 e. The second-order valence-corrected chi connectivity index (χ2v) is 9.05. The Kier molecular flexibility index (Phi) is 8.15. The van der Waals surface area contributed by atoms with Gasteiger partial charge in [-0.05, 0) is 92.1 Å². The molecule has 1 heterocycles. The summed E-state index contributed by atoms with van der Waals surface area (Å²) in [7, 11) is 2.87. The Bertz CT molecular complexity index is 1470. The summed E-state index contributed by atoms with van der Waals surface area (Å²) in [5.41, 5.74) is 5.11. The molecule has 0 saturated carbocycles. The summed E-state index contributed by atoms with van der Waals surface area (Å²) in [5, 5.41) is 2.76. The van der Waals surface area contributed by atoms with Gasteiger partial charge in [0.25, 0.3) is 11.8 Å². The Morgan fingerprint density at radius 1 is 0.872 bits per heavy atom. The number of nitrogens with zero attached hydrogens (tertiary/aromatic N) is 1. The van der Waals surface area contributed by atoms with E-state index in [0.717, 1.165) is 11.1 Å². The van der Waals surface area contributed by atoms with Gasteiger partial charge < -0.3 is 19.5 Å². The average Bonchev–Trinajstić information content (AvgIpc) is 3.18. The molecule has 1 aliphatic rings. The second-order valence-electron chi connectivity index (χ2n) is 9.05. The molecule has 0 aliphatic carbocycles. The van der Waals surface area contributed by atoms with Crippen LogP contribution in [0.15, 0.2) is 83.6 Å². The van der Waals surface area contributed by atoms with E-state index in [1.54, 1.807) is 68.6 Å². The minimum Gasteiger partial charge on any atom is -0.497 e. The van der Waals surface area contributed by atoms with E-state index in [4.69, 9.17) is 14.2 Å². The van der Waals surface area contributed by atoms with Gasteiger partial charge in [0.1, 0.15) is 11.5 Å². The van der Waals surface area contributed by atoms with E-state index in [1.165, 1.54) is 12.0 Å². The maximum Gasteiger partial charge on any atom is 0.340 e. The maximum absolute atomic E-state index is 13.5. The molecule has 0 atom stereocenters. The minimum absolute atomic E-state index is 0.176. The molecule has 0 radical (unpaired) electrons. The highest BCUT2D eigenvalue weighted by Gasteiger charge is 2.38. The molecule has 200 valence electrons. The predicted octanol–water partition coefficient (Wildman–Crippen LogP) is 5.21. The summed E-state index contributed by atoms with van der Waals surface area (Å²) in [5.74, 6) is -0.0250. The van der Waals surface area contributed by atoms with Crippen LogP contribution < -0.4 is 19.7 Å². The SMILES string of the molecule is COC(=O)C1=C(C)N(c2ccc(C)c(C)c2)C(=O)/C1=C\c1ccc(OCC(=O)Nc2ccc(OC)cc2)cc1. The zero-order valence-corrected chi connectivity index (χ0v) is 22.5. The molecule has 8 heteroatoms. The van der Waals surface area contributed by atoms with Crippen molar-refractivity contribution in [3.8, 4) is 11.5 Å². The van der Waals surface area contributed by atoms with Crippen molar-refractivity contribution in [2.24, 2.45) is 0 Å². The number of methoxy groups -OCH3 is 2. The van der Waals surface area contributed by atoms with Crippen molar-refractivity contribution in [2.75, 3.05) is 31.0 Å². The van der Waals surface area contributed by atoms with Crippen molar-refractivity contribution in [3.63, 3.8) is 0 Å². The fourth-order valence-electron chi connectivity index (χ4n) is 4.20. The normalized spacial score (nSPS) is 14.0. The summed E-state index contributed by atoms with van der Waals surface area (Å²) < 4.78 is 15.7. The van der Waals surface area contributed by atoms with Crippen LogP contribution in [0.5, 0.6) is 11.5 Å². The first kappa shape index (κ1) is 27.2. The van der Waals surface area contributed by atoms with Crippen molar-refractivity contribution < 1.29 is 28.6 Å². The fraction of sp³-hybridized carbons (Fsp3) is 0.194. The smallest absolute Gasteiger partial charge is 0.340 e. The van der Waals surface area contributed by atoms with E-state index >= 15 is 0 Å². The van der Waals surface area contributed by atoms with Crippen molar-refractivity contribution >= 4 is 35.2 Å². The van der Waals surface area contributed by atoms with E-state index in [2.05, 4.69) is 5.32 Å². The van der Waals surface area contributed by atoms with Crippen LogP contribution in [-0.4, -0.2) is 38.6 Å². The number of rotatable bonds is 8. The van der Waals surface area contributed by atoms with Crippen molar-refractivity contribution in [1.82, 2.24) is 0 Å². The Labute approximate surface area is 227 Å². The quantitative estimate of drug-likeness (QED) is 0.320. The Balaban J connectivity index is 1.49. The van der Waals surface area contributed by atoms with Gasteiger partial charge in [-0.3, -0.25) is 14.5 Å². The average molecular weight is 527 g/mol. The first-order valence-electron chi connectivity index (χ1n) is 12.3. The van der Waals surface area contributed by atoms with E-state index in [1.807, 2.05) is 32.0 Å². The maximum atomic E-state index is 13.5. The van der Waals surface area contributed by atoms with Gasteiger partial charge in [-0.15, -0.1) is 0 Å². The first-order chi connectivity index (χ1) is 18.7. The highest BCUT2D eigenvalue weighted by atomic mass is 16.5. The molecule has 3 aromatic rings. The third kappa shape index (κ3) is 6.01. The number of benzene rings is 3. The number of anilines is 2. The van der Waals surface area contributed by atoms with Crippen molar-refractivity contribution in [1.29, 1.82) is 0 Å². The molecule has 4 rings (SSSR count). The van der Waals surface area contributed by atoms with Gasteiger partial charge in [-0.2, -0.15) is 0 Å². The monoisotopic (exact) mass is 526 g/mol. The summed E-state index contributed by atoms with van der Waals surface area (Å²) in [6.07, 6.45) is 1.65. The van der Waals surface area contributed by atoms with Gasteiger partial charge >= 0.3 is 5.97 Å². The molecule has 8 nitrogen and oxygen atoms in total. The van der Waals surface area contributed by atoms with Gasteiger partial charge in [0.2, 0.25) is 0 Å². The van der Waals surface area contributed by atoms with E-state index in [9.17, 15) is 14.4 Å². The summed E-state index contributed by atoms with van der Waals surface area (Å²) in [4.78, 5) is 40.0. The highest BCUT2D eigenvalue weighted by molar-refractivity contribution is 6.23. The van der Waals surface area contributed by atoms with Crippen LogP contribution in [0.25, 0.3) is 6.08 Å². The van der Waals surface area contributed by atoms with E-state index in [-0.39, 0.29) is 29.6 Å². The molecule has 0 unspecified atom stereocenters. The Morgan fingerprint density at radius 2 is 1.54 bits per heavy atom. The number of esters is 1. The molecule has 39 heavy (non-hydrogen) atoms. The first-order valence-corrected chi connectivity index (χ1v) is 12.3. The molecule has 2 amide bonds. The summed E-state index contributed by atoms with van der Waals surface area (Å²) >= 11 is 0. The number of aryl methyl sites for hydroxylation is 2. The number of nitrogens with one attached hydrogen (secondary N) is 1. The van der Waals surface area contributed by atoms with Crippen LogP contribution in [-0.2, 0) is 19.1 Å². The number of carbonyl (C=O) groups excluding carboxylic acids is 3. The standard InChI is InChI=1S/C31H30N2O6/c1-19-6-11-24(16-20(19)2)33-21(3)29(31(36)38-5)27(30(33)35)17-22-7-12-26(13-8-22)39-18-28(34)32-23-9-14-25(37-4)15-10-23/h6-17H,18H2,1-5H3,(H,32,34)/b27-17-. The molecular weight excluding hydrogens is 496 g/mol. The second kappa shape index (κ2) is 11.7. The van der Waals surface area contributed by atoms with E-state index in [0.29, 0.717) is 34.1 Å². The number of hydrogen-bond acceptors (Lipinski definition) is 6. The molecule has 0 bridgehead atoms. The van der Waals surface area contributed by atoms with Crippen molar-refractivity contribution in [3.05, 3.63) is 100 Å². The Hall–Kier alpha value is -4.85. The minimum atomic E-state index is -0.582. The third-order valence-corrected chi connectivity index (χ3v) is 6.47. The number of ether oxygens (including phenoxy) is 3. The molecular formula is C31H30N2O6. The Morgan fingerprint density at radius 3 is 2.15 bits per heavy atom. The lowest BCUT2D eigenvalue weighted by Gasteiger charge is -2.19. The third-order valence-electron chi connectivity index (χ3n) is 6.47. The lowest BCUT2D eigenvalue weighted by atomic mass is 10.0. The van der Waals surface area contributed by atoms with Crippen LogP contribution >= 0.6 is 0 Å². The summed E-state index contributed by atoms with van der Waals surface area (Å²) in [6.45, 7) is 5.53. The van der Waals surface area contributed by atoms with Crippen LogP contribution in [0.4, 0.5) is 11.4 Å². The lowest BCUT2D eigenvalue weighted by Crippen LogP contribution is -2.24. The fourth-order valence-corrected chi connectivity index (χ4v) is 4.20. The van der Waals surface area contributed by atoms with E-state index < -0.39 is 5.97 Å². The number of amides is 2. The topological polar surface area (TPSA) is 94.2 Å². The van der Waals surface area contributed by atoms with Crippen LogP contribution in [0.2, 0.25) is 0 Å². The zero-order valence-electron chi connectivity index (χ0n) is 22.5. The van der Waals surface area contributed by atoms with Gasteiger partial charge in [0.15, 0.2) is 6.61 Å². The number of hydrogen-bond donors (Lipinski definition) is 1. The zero-order chi connectivity index (χ0) is 28.1. The highest BCUT2D eigenvalue weighted by Crippen LogP contribution is 2.36. The molecule has 1 N–H and O–H groups in total. The lowest BCUT2D eigenvalue weighted by molar-refractivity contribution is -0.136. The van der Waals surface area contributed by atoms with Gasteiger partial charge in [-0.1, -0.05) is 18.2 Å². The molecule has 0 saturated heterocycles.